The Morgan fingerprint density at radius 1 is 1.00 bits per heavy atom. The zero-order valence-corrected chi connectivity index (χ0v) is 19.6. The molecule has 4 unspecified atom stereocenters. The topological polar surface area (TPSA) is 130 Å². The summed E-state index contributed by atoms with van der Waals surface area (Å²) in [4.78, 5) is 54.6. The Morgan fingerprint density at radius 2 is 1.60 bits per heavy atom. The summed E-state index contributed by atoms with van der Waals surface area (Å²) in [5, 5.41) is 8.06. The van der Waals surface area contributed by atoms with Gasteiger partial charge >= 0.3 is 5.97 Å². The Hall–Kier alpha value is -3.98. The standard InChI is InChI=1S/C23H19N3O5.C3H8O/c1-31-23(30)14-8-4-5-9-15(14)26-21(28)16-17(22(26)29)19(20(24)27)25-11-10-12-6-2-3-7-13(12)18(16)25;1-3(2)4/h2-11,16-19H,1H3,(H2,24,27);3-4H,1-2H3. The summed E-state index contributed by atoms with van der Waals surface area (Å²) < 4.78 is 4.81. The third kappa shape index (κ3) is 3.97. The Labute approximate surface area is 202 Å². The summed E-state index contributed by atoms with van der Waals surface area (Å²) in [7, 11) is 1.23. The fourth-order valence-electron chi connectivity index (χ4n) is 5.07. The first-order valence-electron chi connectivity index (χ1n) is 11.3. The van der Waals surface area contributed by atoms with Crippen molar-refractivity contribution in [3.8, 4) is 0 Å². The van der Waals surface area contributed by atoms with Crippen LogP contribution in [0.4, 0.5) is 5.69 Å². The lowest BCUT2D eigenvalue weighted by atomic mass is 9.84. The lowest BCUT2D eigenvalue weighted by Crippen LogP contribution is -2.47. The predicted molar refractivity (Wildman–Crippen MR) is 128 cm³/mol. The maximum Gasteiger partial charge on any atom is 0.339 e. The molecule has 3 N–H and O–H groups in total. The van der Waals surface area contributed by atoms with Crippen LogP contribution in [0.15, 0.2) is 54.7 Å². The van der Waals surface area contributed by atoms with Crippen molar-refractivity contribution in [1.29, 1.82) is 0 Å². The molecule has 0 radical (unpaired) electrons. The van der Waals surface area contributed by atoms with Crippen LogP contribution in [0.25, 0.3) is 6.08 Å². The van der Waals surface area contributed by atoms with E-state index in [4.69, 9.17) is 15.6 Å². The maximum absolute atomic E-state index is 13.6. The van der Waals surface area contributed by atoms with Crippen LogP contribution in [0.3, 0.4) is 0 Å². The average Bonchev–Trinajstić information content (AvgIpc) is 3.31. The largest absolute Gasteiger partial charge is 0.465 e. The summed E-state index contributed by atoms with van der Waals surface area (Å²) in [5.74, 6) is -4.10. The van der Waals surface area contributed by atoms with Crippen LogP contribution in [0.1, 0.15) is 41.4 Å². The number of rotatable bonds is 3. The van der Waals surface area contributed by atoms with Crippen LogP contribution in [-0.4, -0.2) is 53.0 Å². The molecule has 182 valence electrons. The number of carbonyl (C=O) groups excluding carboxylic acids is 4. The number of ether oxygens (including phenoxy) is 1. The van der Waals surface area contributed by atoms with E-state index in [9.17, 15) is 19.2 Å². The number of primary amides is 1. The van der Waals surface area contributed by atoms with Crippen LogP contribution in [0.5, 0.6) is 0 Å². The highest BCUT2D eigenvalue weighted by molar-refractivity contribution is 6.25. The van der Waals surface area contributed by atoms with E-state index in [0.29, 0.717) is 0 Å². The highest BCUT2D eigenvalue weighted by atomic mass is 16.5. The highest BCUT2D eigenvalue weighted by Gasteiger charge is 2.64. The summed E-state index contributed by atoms with van der Waals surface area (Å²) in [6.07, 6.45) is 3.41. The highest BCUT2D eigenvalue weighted by Crippen LogP contribution is 2.53. The van der Waals surface area contributed by atoms with E-state index in [1.165, 1.54) is 19.2 Å². The SMILES string of the molecule is CC(C)O.COC(=O)c1ccccc1N1C(=O)C2C(C1=O)C1c3ccccc3C=CN1C2C(N)=O. The molecule has 0 saturated carbocycles. The molecule has 2 saturated heterocycles. The van der Waals surface area contributed by atoms with Gasteiger partial charge in [-0.2, -0.15) is 0 Å². The number of esters is 1. The number of methoxy groups -OCH3 is 1. The van der Waals surface area contributed by atoms with Crippen molar-refractivity contribution >= 4 is 35.5 Å². The normalized spacial score (nSPS) is 23.9. The van der Waals surface area contributed by atoms with Gasteiger partial charge in [0.2, 0.25) is 17.7 Å². The molecule has 9 heteroatoms. The van der Waals surface area contributed by atoms with Gasteiger partial charge in [0.15, 0.2) is 0 Å². The summed E-state index contributed by atoms with van der Waals surface area (Å²) in [6, 6.07) is 12.3. The molecule has 2 aromatic carbocycles. The van der Waals surface area contributed by atoms with Crippen LogP contribution in [0.2, 0.25) is 0 Å². The lowest BCUT2D eigenvalue weighted by Gasteiger charge is -2.34. The van der Waals surface area contributed by atoms with Crippen molar-refractivity contribution in [2.75, 3.05) is 12.0 Å². The lowest BCUT2D eigenvalue weighted by molar-refractivity contribution is -0.129. The minimum Gasteiger partial charge on any atom is -0.465 e. The number of nitrogens with two attached hydrogens (primary N) is 1. The van der Waals surface area contributed by atoms with Crippen LogP contribution < -0.4 is 10.6 Å². The van der Waals surface area contributed by atoms with Gasteiger partial charge in [-0.15, -0.1) is 0 Å². The van der Waals surface area contributed by atoms with Gasteiger partial charge in [0, 0.05) is 12.3 Å². The summed E-state index contributed by atoms with van der Waals surface area (Å²) >= 11 is 0. The molecule has 5 rings (SSSR count). The first-order valence-corrected chi connectivity index (χ1v) is 11.3. The molecule has 9 nitrogen and oxygen atoms in total. The number of hydrogen-bond acceptors (Lipinski definition) is 7. The third-order valence-electron chi connectivity index (χ3n) is 6.30. The molecular weight excluding hydrogens is 450 g/mol. The van der Waals surface area contributed by atoms with Crippen molar-refractivity contribution < 1.29 is 29.0 Å². The van der Waals surface area contributed by atoms with Gasteiger partial charge in [-0.05, 0) is 43.2 Å². The molecule has 4 atom stereocenters. The molecule has 0 aliphatic carbocycles. The Balaban J connectivity index is 0.000000672. The van der Waals surface area contributed by atoms with Gasteiger partial charge in [0.05, 0.1) is 36.2 Å². The van der Waals surface area contributed by atoms with Crippen molar-refractivity contribution in [3.05, 3.63) is 71.4 Å². The number of aliphatic hydroxyl groups is 1. The van der Waals surface area contributed by atoms with E-state index in [0.717, 1.165) is 16.0 Å². The van der Waals surface area contributed by atoms with Crippen molar-refractivity contribution in [3.63, 3.8) is 0 Å². The van der Waals surface area contributed by atoms with Crippen LogP contribution in [-0.2, 0) is 19.1 Å². The number of amides is 3. The van der Waals surface area contributed by atoms with E-state index >= 15 is 0 Å². The number of nitrogens with zero attached hydrogens (tertiary/aromatic N) is 2. The number of imide groups is 1. The van der Waals surface area contributed by atoms with Gasteiger partial charge in [0.1, 0.15) is 6.04 Å². The molecule has 0 bridgehead atoms. The van der Waals surface area contributed by atoms with Crippen molar-refractivity contribution in [1.82, 2.24) is 4.90 Å². The first kappa shape index (κ1) is 24.2. The second kappa shape index (κ2) is 9.34. The number of hydrogen-bond donors (Lipinski definition) is 2. The Morgan fingerprint density at radius 3 is 2.26 bits per heavy atom. The van der Waals surface area contributed by atoms with Gasteiger partial charge in [-0.25, -0.2) is 9.69 Å². The number of para-hydroxylation sites is 1. The molecule has 3 amide bonds. The van der Waals surface area contributed by atoms with E-state index in [1.807, 2.05) is 30.3 Å². The van der Waals surface area contributed by atoms with Gasteiger partial charge in [0.25, 0.3) is 0 Å². The van der Waals surface area contributed by atoms with Gasteiger partial charge in [-0.3, -0.25) is 14.4 Å². The number of fused-ring (bicyclic) bond motifs is 5. The van der Waals surface area contributed by atoms with Crippen LogP contribution in [0, 0.1) is 11.8 Å². The van der Waals surface area contributed by atoms with Crippen molar-refractivity contribution in [2.24, 2.45) is 17.6 Å². The van der Waals surface area contributed by atoms with E-state index in [1.54, 1.807) is 37.1 Å². The smallest absolute Gasteiger partial charge is 0.339 e. The van der Waals surface area contributed by atoms with Crippen LogP contribution >= 0.6 is 0 Å². The molecule has 0 aromatic heterocycles. The summed E-state index contributed by atoms with van der Waals surface area (Å²) in [6.45, 7) is 3.44. The molecule has 2 fully saturated rings. The van der Waals surface area contributed by atoms with Crippen molar-refractivity contribution in [2.45, 2.75) is 32.0 Å². The Kier molecular flexibility index (Phi) is 6.45. The quantitative estimate of drug-likeness (QED) is 0.510. The first-order chi connectivity index (χ1) is 16.7. The molecule has 35 heavy (non-hydrogen) atoms. The molecule has 0 spiro atoms. The summed E-state index contributed by atoms with van der Waals surface area (Å²) in [5.41, 5.74) is 7.72. The predicted octanol–water partition coefficient (Wildman–Crippen LogP) is 1.86. The second-order valence-electron chi connectivity index (χ2n) is 8.85. The fraction of sp³-hybridized carbons (Fsp3) is 0.308. The van der Waals surface area contributed by atoms with Gasteiger partial charge < -0.3 is 20.5 Å². The van der Waals surface area contributed by atoms with E-state index < -0.39 is 47.6 Å². The molecule has 3 heterocycles. The minimum absolute atomic E-state index is 0.100. The minimum atomic E-state index is -0.966. The zero-order chi connectivity index (χ0) is 25.4. The number of carbonyl (C=O) groups is 4. The van der Waals surface area contributed by atoms with Gasteiger partial charge in [-0.1, -0.05) is 36.4 Å². The second-order valence-corrected chi connectivity index (χ2v) is 8.85. The molecular formula is C26H27N3O6. The Bertz CT molecular complexity index is 1220. The molecule has 3 aliphatic heterocycles. The number of anilines is 1. The molecule has 2 aromatic rings. The van der Waals surface area contributed by atoms with E-state index in [-0.39, 0.29) is 17.4 Å². The number of benzene rings is 2. The number of aliphatic hydroxyl groups excluding tert-OH is 1. The third-order valence-corrected chi connectivity index (χ3v) is 6.30. The zero-order valence-electron chi connectivity index (χ0n) is 19.6. The molecule has 3 aliphatic rings. The monoisotopic (exact) mass is 477 g/mol. The average molecular weight is 478 g/mol. The maximum atomic E-state index is 13.6. The van der Waals surface area contributed by atoms with E-state index in [2.05, 4.69) is 0 Å². The fourth-order valence-corrected chi connectivity index (χ4v) is 5.07.